The largest absolute Gasteiger partial charge is 0.490 e. The molecular formula is C9H8ClFO3. The van der Waals surface area contributed by atoms with Gasteiger partial charge in [-0.25, -0.2) is 9.18 Å². The van der Waals surface area contributed by atoms with E-state index in [0.717, 1.165) is 0 Å². The highest BCUT2D eigenvalue weighted by Crippen LogP contribution is 2.26. The Hall–Kier alpha value is -1.29. The normalized spacial score (nSPS) is 9.86. The zero-order valence-corrected chi connectivity index (χ0v) is 7.92. The minimum atomic E-state index is -1.19. The molecule has 0 saturated heterocycles. The first-order valence-corrected chi connectivity index (χ1v) is 4.25. The van der Waals surface area contributed by atoms with Gasteiger partial charge < -0.3 is 9.84 Å². The van der Waals surface area contributed by atoms with Gasteiger partial charge in [0.25, 0.3) is 0 Å². The molecule has 0 atom stereocenters. The molecule has 5 heteroatoms. The minimum Gasteiger partial charge on any atom is -0.490 e. The Morgan fingerprint density at radius 1 is 1.57 bits per heavy atom. The number of ether oxygens (including phenoxy) is 1. The highest BCUT2D eigenvalue weighted by Gasteiger charge is 2.14. The number of alkyl halides is 1. The third-order valence-corrected chi connectivity index (χ3v) is 1.84. The molecule has 0 heterocycles. The number of halogens is 2. The summed E-state index contributed by atoms with van der Waals surface area (Å²) < 4.78 is 16.7. The van der Waals surface area contributed by atoms with Crippen molar-refractivity contribution in [1.82, 2.24) is 0 Å². The lowest BCUT2D eigenvalue weighted by Crippen LogP contribution is -2.05. The average molecular weight is 219 g/mol. The number of carboxylic acid groups (broad SMARTS) is 1. The van der Waals surface area contributed by atoms with Crippen LogP contribution in [0.25, 0.3) is 0 Å². The summed E-state index contributed by atoms with van der Waals surface area (Å²) in [5, 5.41) is 8.87. The number of benzene rings is 1. The quantitative estimate of drug-likeness (QED) is 0.844. The molecule has 0 saturated carbocycles. The Morgan fingerprint density at radius 2 is 2.29 bits per heavy atom. The smallest absolute Gasteiger partial charge is 0.341 e. The van der Waals surface area contributed by atoms with Crippen LogP contribution in [0.15, 0.2) is 18.2 Å². The van der Waals surface area contributed by atoms with Crippen LogP contribution in [-0.2, 0) is 0 Å². The Morgan fingerprint density at radius 3 is 2.86 bits per heavy atom. The van der Waals surface area contributed by atoms with Crippen LogP contribution in [0.3, 0.4) is 0 Å². The molecule has 14 heavy (non-hydrogen) atoms. The van der Waals surface area contributed by atoms with E-state index >= 15 is 0 Å². The van der Waals surface area contributed by atoms with Crippen molar-refractivity contribution >= 4 is 17.6 Å². The van der Waals surface area contributed by atoms with Gasteiger partial charge in [-0.05, 0) is 12.1 Å². The van der Waals surface area contributed by atoms with Crippen molar-refractivity contribution in [3.8, 4) is 5.75 Å². The summed E-state index contributed by atoms with van der Waals surface area (Å²) in [5.74, 6) is -1.10. The zero-order valence-electron chi connectivity index (χ0n) is 7.17. The average Bonchev–Trinajstić information content (AvgIpc) is 2.14. The lowest BCUT2D eigenvalue weighted by atomic mass is 10.2. The van der Waals surface area contributed by atoms with Crippen LogP contribution in [0.1, 0.15) is 10.4 Å². The van der Waals surface area contributed by atoms with Gasteiger partial charge in [-0.15, -0.1) is 0 Å². The first-order chi connectivity index (χ1) is 6.66. The Kier molecular flexibility index (Phi) is 3.71. The molecule has 0 bridgehead atoms. The zero-order chi connectivity index (χ0) is 10.6. The summed E-state index contributed by atoms with van der Waals surface area (Å²) in [6.07, 6.45) is 0. The molecule has 3 nitrogen and oxygen atoms in total. The molecule has 0 aliphatic carbocycles. The predicted molar refractivity (Wildman–Crippen MR) is 49.9 cm³/mol. The Bertz CT molecular complexity index is 341. The van der Waals surface area contributed by atoms with Gasteiger partial charge in [0.2, 0.25) is 0 Å². The van der Waals surface area contributed by atoms with E-state index in [1.54, 1.807) is 6.07 Å². The minimum absolute atomic E-state index is 0.0776. The van der Waals surface area contributed by atoms with Crippen LogP contribution < -0.4 is 4.74 Å². The molecule has 0 aliphatic heterocycles. The van der Waals surface area contributed by atoms with Crippen LogP contribution in [0.4, 0.5) is 4.39 Å². The van der Waals surface area contributed by atoms with E-state index in [4.69, 9.17) is 21.4 Å². The molecule has 0 aromatic heterocycles. The second-order valence-electron chi connectivity index (χ2n) is 2.46. The maximum Gasteiger partial charge on any atom is 0.341 e. The van der Waals surface area contributed by atoms with Crippen LogP contribution >= 0.6 is 11.6 Å². The van der Waals surface area contributed by atoms with Gasteiger partial charge in [0.15, 0.2) is 0 Å². The summed E-state index contributed by atoms with van der Waals surface area (Å²) >= 11 is 5.65. The molecule has 1 aromatic rings. The summed E-state index contributed by atoms with van der Waals surface area (Å²) in [4.78, 5) is 10.7. The van der Waals surface area contributed by atoms with E-state index in [0.29, 0.717) is 0 Å². The summed E-state index contributed by atoms with van der Waals surface area (Å²) in [6, 6.07) is 4.42. The number of hydrogen-bond donors (Lipinski definition) is 1. The highest BCUT2D eigenvalue weighted by atomic mass is 35.5. The van der Waals surface area contributed by atoms with Crippen LogP contribution in [0, 0.1) is 0 Å². The number of carbonyl (C=O) groups is 1. The van der Waals surface area contributed by atoms with Crippen molar-refractivity contribution in [1.29, 1.82) is 0 Å². The first kappa shape index (κ1) is 10.8. The maximum absolute atomic E-state index is 11.8. The third kappa shape index (κ3) is 2.35. The van der Waals surface area contributed by atoms with Crippen LogP contribution in [-0.4, -0.2) is 24.4 Å². The molecule has 0 unspecified atom stereocenters. The highest BCUT2D eigenvalue weighted by molar-refractivity contribution is 6.33. The molecule has 0 aliphatic rings. The number of hydrogen-bond acceptors (Lipinski definition) is 2. The van der Waals surface area contributed by atoms with Gasteiger partial charge in [0, 0.05) is 0 Å². The lowest BCUT2D eigenvalue weighted by Gasteiger charge is -2.07. The SMILES string of the molecule is O=C(O)c1c(Cl)cccc1OCCF. The summed E-state index contributed by atoms with van der Waals surface area (Å²) in [7, 11) is 0. The van der Waals surface area contributed by atoms with Crippen molar-refractivity contribution in [2.24, 2.45) is 0 Å². The third-order valence-electron chi connectivity index (χ3n) is 1.52. The lowest BCUT2D eigenvalue weighted by molar-refractivity contribution is 0.0692. The number of rotatable bonds is 4. The monoisotopic (exact) mass is 218 g/mol. The van der Waals surface area contributed by atoms with E-state index < -0.39 is 12.6 Å². The van der Waals surface area contributed by atoms with Crippen molar-refractivity contribution < 1.29 is 19.0 Å². The molecule has 1 rings (SSSR count). The Balaban J connectivity index is 3.02. The molecule has 0 radical (unpaired) electrons. The van der Waals surface area contributed by atoms with Crippen molar-refractivity contribution in [2.45, 2.75) is 0 Å². The second-order valence-corrected chi connectivity index (χ2v) is 2.86. The standard InChI is InChI=1S/C9H8ClFO3/c10-6-2-1-3-7(14-5-4-11)8(6)9(12)13/h1-3H,4-5H2,(H,12,13). The molecular weight excluding hydrogens is 211 g/mol. The predicted octanol–water partition coefficient (Wildman–Crippen LogP) is 2.39. The van der Waals surface area contributed by atoms with Gasteiger partial charge in [-0.2, -0.15) is 0 Å². The van der Waals surface area contributed by atoms with Gasteiger partial charge in [0.05, 0.1) is 5.02 Å². The van der Waals surface area contributed by atoms with Gasteiger partial charge in [-0.3, -0.25) is 0 Å². The van der Waals surface area contributed by atoms with E-state index in [1.165, 1.54) is 12.1 Å². The topological polar surface area (TPSA) is 46.5 Å². The molecule has 0 amide bonds. The van der Waals surface area contributed by atoms with E-state index in [2.05, 4.69) is 0 Å². The molecule has 0 fully saturated rings. The molecule has 1 N–H and O–H groups in total. The fourth-order valence-electron chi connectivity index (χ4n) is 0.981. The van der Waals surface area contributed by atoms with Gasteiger partial charge in [-0.1, -0.05) is 17.7 Å². The van der Waals surface area contributed by atoms with Crippen molar-refractivity contribution in [3.05, 3.63) is 28.8 Å². The molecule has 76 valence electrons. The van der Waals surface area contributed by atoms with Crippen molar-refractivity contribution in [3.63, 3.8) is 0 Å². The van der Waals surface area contributed by atoms with Crippen LogP contribution in [0.5, 0.6) is 5.75 Å². The van der Waals surface area contributed by atoms with E-state index in [9.17, 15) is 9.18 Å². The van der Waals surface area contributed by atoms with Gasteiger partial charge in [0.1, 0.15) is 24.6 Å². The summed E-state index contributed by atoms with van der Waals surface area (Å²) in [5.41, 5.74) is -0.136. The van der Waals surface area contributed by atoms with Crippen LogP contribution in [0.2, 0.25) is 5.02 Å². The fraction of sp³-hybridized carbons (Fsp3) is 0.222. The van der Waals surface area contributed by atoms with Crippen molar-refractivity contribution in [2.75, 3.05) is 13.3 Å². The number of aromatic carboxylic acids is 1. The first-order valence-electron chi connectivity index (χ1n) is 3.87. The van der Waals surface area contributed by atoms with E-state index in [1.807, 2.05) is 0 Å². The maximum atomic E-state index is 11.8. The summed E-state index contributed by atoms with van der Waals surface area (Å²) in [6.45, 7) is -0.855. The molecule has 0 spiro atoms. The Labute approximate surface area is 85.1 Å². The van der Waals surface area contributed by atoms with Gasteiger partial charge >= 0.3 is 5.97 Å². The van der Waals surface area contributed by atoms with E-state index in [-0.39, 0.29) is 22.9 Å². The molecule has 1 aromatic carbocycles. The number of carboxylic acids is 1. The second kappa shape index (κ2) is 4.81. The fourth-order valence-corrected chi connectivity index (χ4v) is 1.23.